The molecule has 2 heterocycles. The van der Waals surface area contributed by atoms with Gasteiger partial charge in [0.05, 0.1) is 6.04 Å². The topological polar surface area (TPSA) is 81.7 Å². The number of nitrogens with zero attached hydrogens (tertiary/aromatic N) is 1. The van der Waals surface area contributed by atoms with Crippen molar-refractivity contribution in [2.45, 2.75) is 90.6 Å². The van der Waals surface area contributed by atoms with Crippen LogP contribution in [0.3, 0.4) is 0 Å². The predicted molar refractivity (Wildman–Crippen MR) is 120 cm³/mol. The highest BCUT2D eigenvalue weighted by Gasteiger charge is 2.39. The molecule has 6 nitrogen and oxygen atoms in total. The number of carbonyl (C=O) groups is 2. The van der Waals surface area contributed by atoms with E-state index in [2.05, 4.69) is 43.5 Å². The van der Waals surface area contributed by atoms with E-state index in [0.717, 1.165) is 24.1 Å². The van der Waals surface area contributed by atoms with Gasteiger partial charge in [-0.25, -0.2) is 0 Å². The zero-order valence-electron chi connectivity index (χ0n) is 19.1. The Morgan fingerprint density at radius 1 is 1.16 bits per heavy atom. The van der Waals surface area contributed by atoms with Gasteiger partial charge in [-0.05, 0) is 53.7 Å². The number of rotatable bonds is 5. The van der Waals surface area contributed by atoms with Gasteiger partial charge in [0.1, 0.15) is 6.23 Å². The number of nitrogens with one attached hydrogen (secondary N) is 2. The predicted octanol–water partition coefficient (Wildman–Crippen LogP) is 3.04. The highest BCUT2D eigenvalue weighted by Crippen LogP contribution is 2.37. The Labute approximate surface area is 185 Å². The van der Waals surface area contributed by atoms with Crippen LogP contribution < -0.4 is 10.6 Å². The molecular formula is C25H37N3O3. The van der Waals surface area contributed by atoms with Crippen molar-refractivity contribution in [2.75, 3.05) is 6.54 Å². The summed E-state index contributed by atoms with van der Waals surface area (Å²) in [5.74, 6) is 0.113. The van der Waals surface area contributed by atoms with Gasteiger partial charge in [-0.1, -0.05) is 51.8 Å². The van der Waals surface area contributed by atoms with E-state index in [1.807, 2.05) is 11.0 Å². The van der Waals surface area contributed by atoms with Crippen LogP contribution in [0.2, 0.25) is 0 Å². The van der Waals surface area contributed by atoms with Crippen molar-refractivity contribution in [3.63, 3.8) is 0 Å². The molecule has 3 aliphatic rings. The number of hydrogen-bond donors (Lipinski definition) is 3. The Bertz CT molecular complexity index is 832. The van der Waals surface area contributed by atoms with Crippen molar-refractivity contribution in [1.29, 1.82) is 0 Å². The Hall–Kier alpha value is -1.76. The fraction of sp³-hybridized carbons (Fsp3) is 0.680. The smallest absolute Gasteiger partial charge is 0.244 e. The van der Waals surface area contributed by atoms with E-state index >= 15 is 0 Å². The molecule has 4 rings (SSSR count). The summed E-state index contributed by atoms with van der Waals surface area (Å²) < 4.78 is 0. The van der Waals surface area contributed by atoms with Crippen LogP contribution in [0.15, 0.2) is 18.2 Å². The van der Waals surface area contributed by atoms with Gasteiger partial charge in [0.25, 0.3) is 0 Å². The molecule has 2 unspecified atom stereocenters. The van der Waals surface area contributed by atoms with Gasteiger partial charge < -0.3 is 10.4 Å². The van der Waals surface area contributed by atoms with Crippen LogP contribution in [0.25, 0.3) is 0 Å². The average molecular weight is 428 g/mol. The number of hydrogen-bond acceptors (Lipinski definition) is 5. The largest absolute Gasteiger partial charge is 0.374 e. The highest BCUT2D eigenvalue weighted by atomic mass is 16.3. The summed E-state index contributed by atoms with van der Waals surface area (Å²) >= 11 is 0. The van der Waals surface area contributed by atoms with Gasteiger partial charge in [0.2, 0.25) is 11.8 Å². The fourth-order valence-electron chi connectivity index (χ4n) is 5.38. The normalized spacial score (nSPS) is 29.7. The van der Waals surface area contributed by atoms with Crippen LogP contribution in [0.1, 0.15) is 82.2 Å². The number of aliphatic hydroxyl groups is 1. The summed E-state index contributed by atoms with van der Waals surface area (Å²) in [6.45, 7) is 8.41. The number of fused-ring (bicyclic) bond motifs is 1. The van der Waals surface area contributed by atoms with Crippen LogP contribution in [-0.4, -0.2) is 40.4 Å². The third kappa shape index (κ3) is 5.18. The third-order valence-corrected chi connectivity index (χ3v) is 7.06. The lowest BCUT2D eigenvalue weighted by molar-refractivity contribution is -0.141. The summed E-state index contributed by atoms with van der Waals surface area (Å²) in [4.78, 5) is 25.6. The van der Waals surface area contributed by atoms with Crippen LogP contribution in [0, 0.1) is 11.3 Å². The second-order valence-corrected chi connectivity index (χ2v) is 10.8. The van der Waals surface area contributed by atoms with Crippen LogP contribution in [0.4, 0.5) is 0 Å². The molecule has 1 aromatic carbocycles. The van der Waals surface area contributed by atoms with E-state index < -0.39 is 12.3 Å². The van der Waals surface area contributed by atoms with E-state index in [4.69, 9.17) is 0 Å². The molecule has 0 spiro atoms. The molecule has 1 aromatic rings. The van der Waals surface area contributed by atoms with Crippen molar-refractivity contribution in [3.05, 3.63) is 34.9 Å². The standard InChI is InChI=1S/C25H37N3O3/c1-25(2,3)15-26-20-7-5-4-6-17(20)12-16-8-9-19-18(13-16)14-28(24(19)31)21-10-11-22(29)27-23(21)30/h8-9,13,17,20-21,24,26,31H,4-7,10-12,14-15H2,1-3H3,(H,27,29,30)/t17-,20+,21?,24?/m1/s1. The Morgan fingerprint density at radius 2 is 1.94 bits per heavy atom. The second kappa shape index (κ2) is 9.00. The number of piperidine rings is 1. The molecule has 170 valence electrons. The minimum absolute atomic E-state index is 0.225. The number of imide groups is 1. The van der Waals surface area contributed by atoms with E-state index in [0.29, 0.717) is 31.3 Å². The minimum atomic E-state index is -0.788. The fourth-order valence-corrected chi connectivity index (χ4v) is 5.38. The summed E-state index contributed by atoms with van der Waals surface area (Å²) in [5.41, 5.74) is 3.58. The molecular weight excluding hydrogens is 390 g/mol. The first-order chi connectivity index (χ1) is 14.7. The van der Waals surface area contributed by atoms with E-state index in [1.54, 1.807) is 0 Å². The van der Waals surface area contributed by atoms with Crippen molar-refractivity contribution in [1.82, 2.24) is 15.5 Å². The summed E-state index contributed by atoms with van der Waals surface area (Å²) in [7, 11) is 0. The molecule has 1 saturated carbocycles. The van der Waals surface area contributed by atoms with Gasteiger partial charge >= 0.3 is 0 Å². The molecule has 3 N–H and O–H groups in total. The zero-order chi connectivity index (χ0) is 22.2. The van der Waals surface area contributed by atoms with Crippen molar-refractivity contribution in [3.8, 4) is 0 Å². The summed E-state index contributed by atoms with van der Waals surface area (Å²) in [5, 5.41) is 17.1. The van der Waals surface area contributed by atoms with Gasteiger partial charge in [-0.3, -0.25) is 19.8 Å². The molecule has 4 atom stereocenters. The lowest BCUT2D eigenvalue weighted by Gasteiger charge is -2.34. The summed E-state index contributed by atoms with van der Waals surface area (Å²) in [6.07, 6.45) is 6.14. The van der Waals surface area contributed by atoms with Gasteiger partial charge in [0, 0.05) is 25.6 Å². The first-order valence-corrected chi connectivity index (χ1v) is 11.8. The zero-order valence-corrected chi connectivity index (χ0v) is 19.1. The molecule has 2 fully saturated rings. The SMILES string of the molecule is CC(C)(C)CN[C@H]1CCCC[C@@H]1Cc1ccc2c(c1)CN(C1CCC(=O)NC1=O)C2O. The molecule has 0 radical (unpaired) electrons. The molecule has 0 bridgehead atoms. The summed E-state index contributed by atoms with van der Waals surface area (Å²) in [6, 6.07) is 6.51. The average Bonchev–Trinajstić information content (AvgIpc) is 3.02. The molecule has 2 amide bonds. The van der Waals surface area contributed by atoms with Crippen LogP contribution >= 0.6 is 0 Å². The molecule has 0 aromatic heterocycles. The quantitative estimate of drug-likeness (QED) is 0.630. The Balaban J connectivity index is 1.43. The maximum Gasteiger partial charge on any atom is 0.244 e. The monoisotopic (exact) mass is 427 g/mol. The molecule has 2 aliphatic heterocycles. The van der Waals surface area contributed by atoms with Crippen LogP contribution in [-0.2, 0) is 22.6 Å². The second-order valence-electron chi connectivity index (χ2n) is 10.8. The highest BCUT2D eigenvalue weighted by molar-refractivity contribution is 6.00. The molecule has 1 aliphatic carbocycles. The number of carbonyl (C=O) groups excluding carboxylic acids is 2. The maximum atomic E-state index is 12.3. The van der Waals surface area contributed by atoms with E-state index in [-0.39, 0.29) is 17.2 Å². The molecule has 31 heavy (non-hydrogen) atoms. The van der Waals surface area contributed by atoms with Crippen molar-refractivity contribution in [2.24, 2.45) is 11.3 Å². The minimum Gasteiger partial charge on any atom is -0.374 e. The lowest BCUT2D eigenvalue weighted by atomic mass is 9.80. The number of aliphatic hydroxyl groups excluding tert-OH is 1. The number of amides is 2. The first kappa shape index (κ1) is 22.4. The van der Waals surface area contributed by atoms with Crippen molar-refractivity contribution >= 4 is 11.8 Å². The van der Waals surface area contributed by atoms with Crippen LogP contribution in [0.5, 0.6) is 0 Å². The van der Waals surface area contributed by atoms with E-state index in [9.17, 15) is 14.7 Å². The number of benzene rings is 1. The van der Waals surface area contributed by atoms with Gasteiger partial charge in [-0.15, -0.1) is 0 Å². The lowest BCUT2D eigenvalue weighted by Crippen LogP contribution is -2.51. The Kier molecular flexibility index (Phi) is 6.52. The third-order valence-electron chi connectivity index (χ3n) is 7.06. The Morgan fingerprint density at radius 3 is 2.68 bits per heavy atom. The van der Waals surface area contributed by atoms with Crippen molar-refractivity contribution < 1.29 is 14.7 Å². The molecule has 1 saturated heterocycles. The van der Waals surface area contributed by atoms with Gasteiger partial charge in [-0.2, -0.15) is 0 Å². The molecule has 6 heteroatoms. The van der Waals surface area contributed by atoms with E-state index in [1.165, 1.54) is 31.2 Å². The first-order valence-electron chi connectivity index (χ1n) is 11.8. The maximum absolute atomic E-state index is 12.3. The van der Waals surface area contributed by atoms with Gasteiger partial charge in [0.15, 0.2) is 0 Å².